The summed E-state index contributed by atoms with van der Waals surface area (Å²) in [6, 6.07) is 0. The molecular weight excluding hydrogens is 230 g/mol. The van der Waals surface area contributed by atoms with Crippen LogP contribution in [0.25, 0.3) is 0 Å². The SMILES string of the molecule is COCCCn1ccnc1NCc1cn[nH]c1C. The summed E-state index contributed by atoms with van der Waals surface area (Å²) < 4.78 is 7.14. The fraction of sp³-hybridized carbons (Fsp3) is 0.500. The number of anilines is 1. The van der Waals surface area contributed by atoms with Crippen LogP contribution in [0.15, 0.2) is 18.6 Å². The minimum Gasteiger partial charge on any atom is -0.385 e. The highest BCUT2D eigenvalue weighted by atomic mass is 16.5. The van der Waals surface area contributed by atoms with Crippen LogP contribution in [-0.4, -0.2) is 33.5 Å². The topological polar surface area (TPSA) is 67.8 Å². The Morgan fingerprint density at radius 3 is 3.11 bits per heavy atom. The fourth-order valence-corrected chi connectivity index (χ4v) is 1.76. The van der Waals surface area contributed by atoms with Gasteiger partial charge in [-0.1, -0.05) is 0 Å². The van der Waals surface area contributed by atoms with Crippen molar-refractivity contribution in [3.05, 3.63) is 29.8 Å². The van der Waals surface area contributed by atoms with Gasteiger partial charge in [0.2, 0.25) is 5.95 Å². The maximum Gasteiger partial charge on any atom is 0.203 e. The van der Waals surface area contributed by atoms with E-state index in [-0.39, 0.29) is 0 Å². The summed E-state index contributed by atoms with van der Waals surface area (Å²) in [6.45, 7) is 4.40. The largest absolute Gasteiger partial charge is 0.385 e. The highest BCUT2D eigenvalue weighted by Crippen LogP contribution is 2.09. The Bertz CT molecular complexity index is 476. The number of ether oxygens (including phenoxy) is 1. The number of methoxy groups -OCH3 is 1. The van der Waals surface area contributed by atoms with E-state index in [1.165, 1.54) is 0 Å². The highest BCUT2D eigenvalue weighted by molar-refractivity contribution is 5.29. The normalized spacial score (nSPS) is 10.8. The zero-order valence-electron chi connectivity index (χ0n) is 10.8. The first-order valence-corrected chi connectivity index (χ1v) is 6.04. The van der Waals surface area contributed by atoms with Crippen molar-refractivity contribution in [3.8, 4) is 0 Å². The number of rotatable bonds is 7. The molecule has 2 heterocycles. The molecule has 18 heavy (non-hydrogen) atoms. The van der Waals surface area contributed by atoms with Gasteiger partial charge in [0, 0.05) is 50.5 Å². The van der Waals surface area contributed by atoms with Crippen molar-refractivity contribution in [1.29, 1.82) is 0 Å². The maximum atomic E-state index is 5.05. The van der Waals surface area contributed by atoms with Gasteiger partial charge in [0.1, 0.15) is 0 Å². The molecule has 2 aromatic rings. The molecule has 2 aromatic heterocycles. The van der Waals surface area contributed by atoms with Crippen LogP contribution in [0, 0.1) is 6.92 Å². The number of nitrogens with one attached hydrogen (secondary N) is 2. The van der Waals surface area contributed by atoms with Crippen LogP contribution in [-0.2, 0) is 17.8 Å². The molecule has 0 radical (unpaired) electrons. The first-order valence-electron chi connectivity index (χ1n) is 6.04. The second-order valence-corrected chi connectivity index (χ2v) is 4.16. The summed E-state index contributed by atoms with van der Waals surface area (Å²) in [5.41, 5.74) is 2.24. The van der Waals surface area contributed by atoms with Crippen molar-refractivity contribution in [1.82, 2.24) is 19.7 Å². The molecule has 0 saturated heterocycles. The van der Waals surface area contributed by atoms with E-state index in [2.05, 4.69) is 25.1 Å². The lowest BCUT2D eigenvalue weighted by molar-refractivity contribution is 0.190. The van der Waals surface area contributed by atoms with Gasteiger partial charge >= 0.3 is 0 Å². The van der Waals surface area contributed by atoms with Crippen LogP contribution in [0.4, 0.5) is 5.95 Å². The van der Waals surface area contributed by atoms with E-state index in [1.807, 2.05) is 19.3 Å². The van der Waals surface area contributed by atoms with Crippen molar-refractivity contribution >= 4 is 5.95 Å². The van der Waals surface area contributed by atoms with E-state index < -0.39 is 0 Å². The van der Waals surface area contributed by atoms with Gasteiger partial charge < -0.3 is 14.6 Å². The molecule has 0 aliphatic carbocycles. The molecule has 0 amide bonds. The van der Waals surface area contributed by atoms with E-state index in [9.17, 15) is 0 Å². The number of nitrogens with zero attached hydrogens (tertiary/aromatic N) is 3. The molecule has 0 bridgehead atoms. The third kappa shape index (κ3) is 3.10. The van der Waals surface area contributed by atoms with Crippen molar-refractivity contribution in [2.45, 2.75) is 26.4 Å². The average Bonchev–Trinajstić information content (AvgIpc) is 2.96. The first kappa shape index (κ1) is 12.6. The van der Waals surface area contributed by atoms with Crippen LogP contribution in [0.3, 0.4) is 0 Å². The summed E-state index contributed by atoms with van der Waals surface area (Å²) in [5.74, 6) is 0.881. The Hall–Kier alpha value is -1.82. The number of imidazole rings is 1. The lowest BCUT2D eigenvalue weighted by Crippen LogP contribution is -2.08. The van der Waals surface area contributed by atoms with Crippen LogP contribution in [0.1, 0.15) is 17.7 Å². The second-order valence-electron chi connectivity index (χ2n) is 4.16. The van der Waals surface area contributed by atoms with Gasteiger partial charge in [0.25, 0.3) is 0 Å². The monoisotopic (exact) mass is 249 g/mol. The zero-order chi connectivity index (χ0) is 12.8. The molecule has 0 atom stereocenters. The summed E-state index contributed by atoms with van der Waals surface area (Å²) in [4.78, 5) is 4.30. The number of hydrogen-bond acceptors (Lipinski definition) is 4. The number of aromatic amines is 1. The van der Waals surface area contributed by atoms with Gasteiger partial charge in [-0.3, -0.25) is 5.10 Å². The molecule has 98 valence electrons. The van der Waals surface area contributed by atoms with Crippen molar-refractivity contribution < 1.29 is 4.74 Å². The zero-order valence-corrected chi connectivity index (χ0v) is 10.8. The van der Waals surface area contributed by atoms with Crippen molar-refractivity contribution in [3.63, 3.8) is 0 Å². The number of H-pyrrole nitrogens is 1. The Balaban J connectivity index is 1.89. The molecule has 2 rings (SSSR count). The average molecular weight is 249 g/mol. The van der Waals surface area contributed by atoms with Gasteiger partial charge in [-0.2, -0.15) is 5.10 Å². The molecule has 0 aromatic carbocycles. The molecule has 6 nitrogen and oxygen atoms in total. The van der Waals surface area contributed by atoms with Crippen molar-refractivity contribution in [2.75, 3.05) is 19.0 Å². The lowest BCUT2D eigenvalue weighted by Gasteiger charge is -2.09. The van der Waals surface area contributed by atoms with Crippen LogP contribution in [0.5, 0.6) is 0 Å². The Morgan fingerprint density at radius 1 is 1.50 bits per heavy atom. The molecular formula is C12H19N5O. The summed E-state index contributed by atoms with van der Waals surface area (Å²) in [7, 11) is 1.72. The number of hydrogen-bond donors (Lipinski definition) is 2. The third-order valence-electron chi connectivity index (χ3n) is 2.83. The molecule has 0 spiro atoms. The van der Waals surface area contributed by atoms with E-state index in [0.29, 0.717) is 0 Å². The summed E-state index contributed by atoms with van der Waals surface area (Å²) in [5, 5.41) is 10.2. The minimum absolute atomic E-state index is 0.726. The molecule has 0 unspecified atom stereocenters. The second kappa shape index (κ2) is 6.20. The Kier molecular flexibility index (Phi) is 4.35. The maximum absolute atomic E-state index is 5.05. The number of aryl methyl sites for hydroxylation is 2. The molecule has 2 N–H and O–H groups in total. The van der Waals surface area contributed by atoms with Gasteiger partial charge in [-0.05, 0) is 13.3 Å². The van der Waals surface area contributed by atoms with E-state index in [1.54, 1.807) is 13.3 Å². The molecule has 0 aliphatic rings. The van der Waals surface area contributed by atoms with Crippen LogP contribution >= 0.6 is 0 Å². The first-order chi connectivity index (χ1) is 8.81. The van der Waals surface area contributed by atoms with E-state index in [4.69, 9.17) is 4.74 Å². The molecule has 0 aliphatic heterocycles. The summed E-state index contributed by atoms with van der Waals surface area (Å²) in [6.07, 6.45) is 6.59. The molecule has 0 fully saturated rings. The highest BCUT2D eigenvalue weighted by Gasteiger charge is 2.04. The van der Waals surface area contributed by atoms with Gasteiger partial charge in [-0.15, -0.1) is 0 Å². The third-order valence-corrected chi connectivity index (χ3v) is 2.83. The lowest BCUT2D eigenvalue weighted by atomic mass is 10.3. The number of aromatic nitrogens is 4. The smallest absolute Gasteiger partial charge is 0.203 e. The predicted molar refractivity (Wildman–Crippen MR) is 69.4 cm³/mol. The van der Waals surface area contributed by atoms with Gasteiger partial charge in [0.05, 0.1) is 6.20 Å². The van der Waals surface area contributed by atoms with Crippen molar-refractivity contribution in [2.24, 2.45) is 0 Å². The quantitative estimate of drug-likeness (QED) is 0.731. The Morgan fingerprint density at radius 2 is 2.39 bits per heavy atom. The summed E-state index contributed by atoms with van der Waals surface area (Å²) >= 11 is 0. The van der Waals surface area contributed by atoms with Crippen LogP contribution in [0.2, 0.25) is 0 Å². The van der Waals surface area contributed by atoms with E-state index in [0.717, 1.165) is 43.3 Å². The van der Waals surface area contributed by atoms with Crippen LogP contribution < -0.4 is 5.32 Å². The van der Waals surface area contributed by atoms with Gasteiger partial charge in [0.15, 0.2) is 0 Å². The fourth-order valence-electron chi connectivity index (χ4n) is 1.76. The van der Waals surface area contributed by atoms with Gasteiger partial charge in [-0.25, -0.2) is 4.98 Å². The molecule has 6 heteroatoms. The molecule has 0 saturated carbocycles. The van der Waals surface area contributed by atoms with E-state index >= 15 is 0 Å². The standard InChI is InChI=1S/C12H19N5O/c1-10-11(9-15-16-10)8-14-12-13-4-6-17(12)5-3-7-18-2/h4,6,9H,3,5,7-8H2,1-2H3,(H,13,14)(H,15,16). The predicted octanol–water partition coefficient (Wildman–Crippen LogP) is 1.56. The minimum atomic E-state index is 0.726. The Labute approximate surface area is 106 Å².